The summed E-state index contributed by atoms with van der Waals surface area (Å²) in [6.07, 6.45) is 2.46. The van der Waals surface area contributed by atoms with Crippen LogP contribution in [0.5, 0.6) is 0 Å². The quantitative estimate of drug-likeness (QED) is 0.912. The summed E-state index contributed by atoms with van der Waals surface area (Å²) >= 11 is 4.09. The summed E-state index contributed by atoms with van der Waals surface area (Å²) < 4.78 is 5.52. The zero-order valence-electron chi connectivity index (χ0n) is 10.2. The van der Waals surface area contributed by atoms with Gasteiger partial charge in [0.2, 0.25) is 0 Å². The maximum absolute atomic E-state index is 5.52. The minimum absolute atomic E-state index is 0.498. The summed E-state index contributed by atoms with van der Waals surface area (Å²) in [4.78, 5) is 3.15. The molecular formula is C13H19NOS2. The van der Waals surface area contributed by atoms with E-state index in [4.69, 9.17) is 4.74 Å². The summed E-state index contributed by atoms with van der Waals surface area (Å²) in [5, 5.41) is 3.49. The van der Waals surface area contributed by atoms with Gasteiger partial charge in [-0.3, -0.25) is 0 Å². The molecule has 2 nitrogen and oxygen atoms in total. The first-order chi connectivity index (χ1) is 8.38. The average Bonchev–Trinajstić information content (AvgIpc) is 2.98. The number of hydrogen-bond donors (Lipinski definition) is 1. The van der Waals surface area contributed by atoms with Gasteiger partial charge in [-0.2, -0.15) is 11.8 Å². The summed E-state index contributed by atoms with van der Waals surface area (Å²) in [6.45, 7) is 1.85. The van der Waals surface area contributed by atoms with E-state index in [2.05, 4.69) is 30.2 Å². The monoisotopic (exact) mass is 269 g/mol. The second-order valence-electron chi connectivity index (χ2n) is 4.79. The van der Waals surface area contributed by atoms with Crippen molar-refractivity contribution in [3.05, 3.63) is 21.4 Å². The molecular weight excluding hydrogens is 250 g/mol. The van der Waals surface area contributed by atoms with Gasteiger partial charge in [0.1, 0.15) is 0 Å². The first-order valence-corrected chi connectivity index (χ1v) is 8.30. The van der Waals surface area contributed by atoms with Crippen LogP contribution in [0, 0.1) is 5.92 Å². The van der Waals surface area contributed by atoms with Crippen LogP contribution >= 0.6 is 23.1 Å². The molecule has 2 aliphatic heterocycles. The molecule has 1 saturated heterocycles. The third kappa shape index (κ3) is 2.41. The zero-order chi connectivity index (χ0) is 11.7. The first-order valence-electron chi connectivity index (χ1n) is 6.32. The number of thiophene rings is 1. The van der Waals surface area contributed by atoms with E-state index in [1.165, 1.54) is 29.2 Å². The van der Waals surface area contributed by atoms with E-state index in [0.717, 1.165) is 13.2 Å². The van der Waals surface area contributed by atoms with Gasteiger partial charge in [-0.1, -0.05) is 0 Å². The lowest BCUT2D eigenvalue weighted by molar-refractivity contribution is 0.178. The first kappa shape index (κ1) is 12.0. The highest BCUT2D eigenvalue weighted by Crippen LogP contribution is 2.38. The Bertz CT molecular complexity index is 361. The lowest BCUT2D eigenvalue weighted by Crippen LogP contribution is -2.24. The van der Waals surface area contributed by atoms with Crippen molar-refractivity contribution in [1.82, 2.24) is 5.32 Å². The van der Waals surface area contributed by atoms with E-state index in [9.17, 15) is 0 Å². The van der Waals surface area contributed by atoms with Crippen LogP contribution in [-0.4, -0.2) is 26.0 Å². The van der Waals surface area contributed by atoms with E-state index in [-0.39, 0.29) is 0 Å². The Morgan fingerprint density at radius 3 is 3.18 bits per heavy atom. The molecule has 0 saturated carbocycles. The molecule has 3 heterocycles. The summed E-state index contributed by atoms with van der Waals surface area (Å²) in [5.74, 6) is 3.17. The van der Waals surface area contributed by atoms with Gasteiger partial charge in [0, 0.05) is 34.1 Å². The molecule has 0 radical (unpaired) electrons. The summed E-state index contributed by atoms with van der Waals surface area (Å²) in [6, 6.07) is 2.93. The van der Waals surface area contributed by atoms with Gasteiger partial charge in [0.15, 0.2) is 0 Å². The molecule has 2 unspecified atom stereocenters. The van der Waals surface area contributed by atoms with Crippen LogP contribution in [0.4, 0.5) is 0 Å². The number of nitrogens with one attached hydrogen (secondary N) is 1. The molecule has 2 aliphatic rings. The summed E-state index contributed by atoms with van der Waals surface area (Å²) in [5.41, 5.74) is 1.58. The molecule has 1 aromatic heterocycles. The van der Waals surface area contributed by atoms with Gasteiger partial charge in [-0.25, -0.2) is 0 Å². The maximum atomic E-state index is 5.52. The van der Waals surface area contributed by atoms with Gasteiger partial charge in [0.25, 0.3) is 0 Å². The molecule has 1 fully saturated rings. The predicted molar refractivity (Wildman–Crippen MR) is 74.9 cm³/mol. The molecule has 94 valence electrons. The molecule has 4 heteroatoms. The minimum atomic E-state index is 0.498. The molecule has 0 bridgehead atoms. The van der Waals surface area contributed by atoms with Gasteiger partial charge >= 0.3 is 0 Å². The third-order valence-electron chi connectivity index (χ3n) is 3.70. The highest BCUT2D eigenvalue weighted by molar-refractivity contribution is 7.98. The zero-order valence-corrected chi connectivity index (χ0v) is 11.8. The van der Waals surface area contributed by atoms with E-state index in [1.807, 2.05) is 11.3 Å². The van der Waals surface area contributed by atoms with Gasteiger partial charge in [-0.15, -0.1) is 11.3 Å². The molecule has 17 heavy (non-hydrogen) atoms. The molecule has 1 aromatic rings. The average molecular weight is 269 g/mol. The highest BCUT2D eigenvalue weighted by Gasteiger charge is 2.28. The Hall–Kier alpha value is -0.0300. The van der Waals surface area contributed by atoms with E-state index in [0.29, 0.717) is 12.0 Å². The van der Waals surface area contributed by atoms with Crippen molar-refractivity contribution in [1.29, 1.82) is 0 Å². The van der Waals surface area contributed by atoms with Crippen LogP contribution in [0.1, 0.15) is 27.8 Å². The number of aryl methyl sites for hydroxylation is 1. The SMILES string of the molecule is CNC(c1cc2c(s1)CCSC2)C1CCOC1. The highest BCUT2D eigenvalue weighted by atomic mass is 32.2. The fraction of sp³-hybridized carbons (Fsp3) is 0.692. The van der Waals surface area contributed by atoms with Crippen molar-refractivity contribution in [3.8, 4) is 0 Å². The Morgan fingerprint density at radius 1 is 1.53 bits per heavy atom. The molecule has 0 aromatic carbocycles. The Kier molecular flexibility index (Phi) is 3.75. The Labute approximate surface area is 111 Å². The Morgan fingerprint density at radius 2 is 2.47 bits per heavy atom. The number of fused-ring (bicyclic) bond motifs is 1. The van der Waals surface area contributed by atoms with E-state index < -0.39 is 0 Å². The molecule has 3 rings (SSSR count). The van der Waals surface area contributed by atoms with Crippen molar-refractivity contribution in [2.75, 3.05) is 26.0 Å². The van der Waals surface area contributed by atoms with Crippen molar-refractivity contribution < 1.29 is 4.74 Å². The standard InChI is InChI=1S/C13H19NOS2/c1-14-13(9-2-4-15-7-9)12-6-10-8-16-5-3-11(10)17-12/h6,9,13-14H,2-5,7-8H2,1H3. The Balaban J connectivity index is 1.83. The van der Waals surface area contributed by atoms with Crippen LogP contribution in [-0.2, 0) is 16.9 Å². The van der Waals surface area contributed by atoms with Gasteiger partial charge < -0.3 is 10.1 Å². The lowest BCUT2D eigenvalue weighted by Gasteiger charge is -2.20. The number of hydrogen-bond acceptors (Lipinski definition) is 4. The maximum Gasteiger partial charge on any atom is 0.0513 e. The topological polar surface area (TPSA) is 21.3 Å². The number of rotatable bonds is 3. The normalized spacial score (nSPS) is 25.8. The van der Waals surface area contributed by atoms with Crippen molar-refractivity contribution in [2.45, 2.75) is 24.6 Å². The van der Waals surface area contributed by atoms with E-state index >= 15 is 0 Å². The molecule has 1 N–H and O–H groups in total. The number of ether oxygens (including phenoxy) is 1. The van der Waals surface area contributed by atoms with Crippen molar-refractivity contribution in [2.24, 2.45) is 5.92 Å². The molecule has 0 amide bonds. The van der Waals surface area contributed by atoms with Crippen molar-refractivity contribution >= 4 is 23.1 Å². The third-order valence-corrected chi connectivity index (χ3v) is 6.03. The fourth-order valence-corrected chi connectivity index (χ4v) is 5.33. The fourth-order valence-electron chi connectivity index (χ4n) is 2.75. The summed E-state index contributed by atoms with van der Waals surface area (Å²) in [7, 11) is 2.08. The van der Waals surface area contributed by atoms with Crippen molar-refractivity contribution in [3.63, 3.8) is 0 Å². The van der Waals surface area contributed by atoms with E-state index in [1.54, 1.807) is 10.4 Å². The predicted octanol–water partition coefficient (Wildman–Crippen LogP) is 2.83. The lowest BCUT2D eigenvalue weighted by atomic mass is 9.97. The smallest absolute Gasteiger partial charge is 0.0513 e. The molecule has 2 atom stereocenters. The largest absolute Gasteiger partial charge is 0.381 e. The van der Waals surface area contributed by atoms with Gasteiger partial charge in [-0.05, 0) is 37.3 Å². The minimum Gasteiger partial charge on any atom is -0.381 e. The molecule has 0 aliphatic carbocycles. The van der Waals surface area contributed by atoms with Crippen LogP contribution < -0.4 is 5.32 Å². The van der Waals surface area contributed by atoms with Crippen LogP contribution in [0.2, 0.25) is 0 Å². The van der Waals surface area contributed by atoms with Crippen LogP contribution in [0.3, 0.4) is 0 Å². The second kappa shape index (κ2) is 5.31. The van der Waals surface area contributed by atoms with Crippen LogP contribution in [0.25, 0.3) is 0 Å². The van der Waals surface area contributed by atoms with Gasteiger partial charge in [0.05, 0.1) is 6.61 Å². The molecule has 0 spiro atoms. The second-order valence-corrected chi connectivity index (χ2v) is 7.06. The van der Waals surface area contributed by atoms with Crippen LogP contribution in [0.15, 0.2) is 6.07 Å². The number of thioether (sulfide) groups is 1.